The number of carbonyl (C=O) groups is 1. The van der Waals surface area contributed by atoms with Crippen molar-refractivity contribution in [3.63, 3.8) is 0 Å². The van der Waals surface area contributed by atoms with E-state index in [1.54, 1.807) is 36.4 Å². The molecule has 1 heterocycles. The molecule has 6 nitrogen and oxygen atoms in total. The highest BCUT2D eigenvalue weighted by Crippen LogP contribution is 2.26. The van der Waals surface area contributed by atoms with Crippen molar-refractivity contribution in [3.8, 4) is 5.75 Å². The van der Waals surface area contributed by atoms with Gasteiger partial charge >= 0.3 is 0 Å². The summed E-state index contributed by atoms with van der Waals surface area (Å²) in [6, 6.07) is 11.6. The van der Waals surface area contributed by atoms with Gasteiger partial charge in [-0.25, -0.2) is 8.42 Å². The fraction of sp³-hybridized carbons (Fsp3) is 0.286. The van der Waals surface area contributed by atoms with E-state index >= 15 is 0 Å². The minimum absolute atomic E-state index is 0.108. The molecule has 0 radical (unpaired) electrons. The molecule has 0 bridgehead atoms. The Morgan fingerprint density at radius 1 is 1.14 bits per heavy atom. The number of carbonyl (C=O) groups excluding carboxylic acids is 1. The van der Waals surface area contributed by atoms with Crippen LogP contribution in [0.5, 0.6) is 5.75 Å². The van der Waals surface area contributed by atoms with Crippen molar-refractivity contribution in [1.82, 2.24) is 4.31 Å². The summed E-state index contributed by atoms with van der Waals surface area (Å²) >= 11 is 0. The van der Waals surface area contributed by atoms with Crippen LogP contribution < -0.4 is 10.1 Å². The molecule has 0 spiro atoms. The molecule has 1 fully saturated rings. The number of anilines is 1. The van der Waals surface area contributed by atoms with Gasteiger partial charge in [0.1, 0.15) is 5.75 Å². The molecule has 28 heavy (non-hydrogen) atoms. The lowest BCUT2D eigenvalue weighted by molar-refractivity contribution is 0.102. The number of nitrogens with one attached hydrogen (secondary N) is 1. The van der Waals surface area contributed by atoms with Crippen molar-refractivity contribution in [2.45, 2.75) is 24.2 Å². The number of hydrogen-bond donors (Lipinski definition) is 1. The van der Waals surface area contributed by atoms with Crippen LogP contribution >= 0.6 is 0 Å². The summed E-state index contributed by atoms with van der Waals surface area (Å²) in [5, 5.41) is 2.78. The molecule has 0 atom stereocenters. The number of ether oxygens (including phenoxy) is 1. The van der Waals surface area contributed by atoms with Gasteiger partial charge in [-0.2, -0.15) is 4.31 Å². The monoisotopic (exact) mass is 400 g/mol. The largest absolute Gasteiger partial charge is 0.495 e. The molecule has 1 aliphatic heterocycles. The molecule has 0 saturated carbocycles. The smallest absolute Gasteiger partial charge is 0.255 e. The first-order chi connectivity index (χ1) is 13.5. The van der Waals surface area contributed by atoms with Gasteiger partial charge in [0.25, 0.3) is 5.91 Å². The topological polar surface area (TPSA) is 75.7 Å². The third-order valence-electron chi connectivity index (χ3n) is 4.73. The number of hydrogen-bond acceptors (Lipinski definition) is 4. The van der Waals surface area contributed by atoms with E-state index in [9.17, 15) is 13.2 Å². The SMILES string of the molecule is C=Cc1cc(C(=O)Nc2ccccc2OC)cc(S(=O)(=O)N2CCCCC2)c1. The van der Waals surface area contributed by atoms with E-state index in [1.807, 2.05) is 0 Å². The molecule has 0 aliphatic carbocycles. The Labute approximate surface area is 165 Å². The van der Waals surface area contributed by atoms with Gasteiger partial charge in [-0.05, 0) is 48.7 Å². The van der Waals surface area contributed by atoms with Crippen molar-refractivity contribution < 1.29 is 17.9 Å². The Morgan fingerprint density at radius 3 is 2.54 bits per heavy atom. The van der Waals surface area contributed by atoms with E-state index in [-0.39, 0.29) is 10.5 Å². The molecule has 2 aromatic carbocycles. The highest BCUT2D eigenvalue weighted by Gasteiger charge is 2.27. The first-order valence-corrected chi connectivity index (χ1v) is 10.6. The highest BCUT2D eigenvalue weighted by atomic mass is 32.2. The second kappa shape index (κ2) is 8.58. The molecule has 1 aliphatic rings. The molecular formula is C21H24N2O4S. The summed E-state index contributed by atoms with van der Waals surface area (Å²) in [5.41, 5.74) is 1.33. The number of nitrogens with zero attached hydrogens (tertiary/aromatic N) is 1. The number of rotatable bonds is 6. The first kappa shape index (κ1) is 20.1. The molecule has 0 unspecified atom stereocenters. The molecule has 148 valence electrons. The summed E-state index contributed by atoms with van der Waals surface area (Å²) < 4.78 is 32.8. The van der Waals surface area contributed by atoms with Crippen LogP contribution in [0.3, 0.4) is 0 Å². The summed E-state index contributed by atoms with van der Waals surface area (Å²) in [5.74, 6) is 0.111. The van der Waals surface area contributed by atoms with Crippen molar-refractivity contribution in [2.24, 2.45) is 0 Å². The van der Waals surface area contributed by atoms with Gasteiger partial charge in [-0.1, -0.05) is 31.2 Å². The summed E-state index contributed by atoms with van der Waals surface area (Å²) in [6.07, 6.45) is 4.27. The highest BCUT2D eigenvalue weighted by molar-refractivity contribution is 7.89. The molecule has 1 saturated heterocycles. The number of para-hydroxylation sites is 2. The van der Waals surface area contributed by atoms with Crippen LogP contribution in [-0.2, 0) is 10.0 Å². The number of amides is 1. The summed E-state index contributed by atoms with van der Waals surface area (Å²) in [7, 11) is -2.14. The lowest BCUT2D eigenvalue weighted by Gasteiger charge is -2.26. The Kier molecular flexibility index (Phi) is 6.16. The summed E-state index contributed by atoms with van der Waals surface area (Å²) in [4.78, 5) is 12.9. The van der Waals surface area contributed by atoms with Gasteiger partial charge in [0.2, 0.25) is 10.0 Å². The number of sulfonamides is 1. The maximum absolute atomic E-state index is 13.0. The fourth-order valence-electron chi connectivity index (χ4n) is 3.22. The van der Waals surface area contributed by atoms with Crippen LogP contribution in [0.2, 0.25) is 0 Å². The standard InChI is InChI=1S/C21H24N2O4S/c1-3-16-13-17(21(24)22-19-9-5-6-10-20(19)27-2)15-18(14-16)28(25,26)23-11-7-4-8-12-23/h3,5-6,9-10,13-15H,1,4,7-8,11-12H2,2H3,(H,22,24). The maximum atomic E-state index is 13.0. The van der Waals surface area contributed by atoms with E-state index in [4.69, 9.17) is 4.74 Å². The van der Waals surface area contributed by atoms with Gasteiger partial charge in [0.05, 0.1) is 17.7 Å². The molecule has 2 aromatic rings. The molecule has 1 amide bonds. The third-order valence-corrected chi connectivity index (χ3v) is 6.61. The fourth-order valence-corrected chi connectivity index (χ4v) is 4.81. The Bertz CT molecular complexity index is 980. The Balaban J connectivity index is 1.94. The van der Waals surface area contributed by atoms with Gasteiger partial charge < -0.3 is 10.1 Å². The Hall–Kier alpha value is -2.64. The van der Waals surface area contributed by atoms with Gasteiger partial charge in [0.15, 0.2) is 0 Å². The average molecular weight is 401 g/mol. The zero-order valence-electron chi connectivity index (χ0n) is 15.8. The minimum Gasteiger partial charge on any atom is -0.495 e. The van der Waals surface area contributed by atoms with Crippen LogP contribution in [0, 0.1) is 0 Å². The average Bonchev–Trinajstić information content (AvgIpc) is 2.74. The minimum atomic E-state index is -3.66. The van der Waals surface area contributed by atoms with E-state index < -0.39 is 15.9 Å². The van der Waals surface area contributed by atoms with E-state index in [0.29, 0.717) is 30.1 Å². The van der Waals surface area contributed by atoms with E-state index in [2.05, 4.69) is 11.9 Å². The second-order valence-corrected chi connectivity index (χ2v) is 8.55. The van der Waals surface area contributed by atoms with E-state index in [1.165, 1.54) is 23.6 Å². The van der Waals surface area contributed by atoms with Crippen molar-refractivity contribution in [2.75, 3.05) is 25.5 Å². The maximum Gasteiger partial charge on any atom is 0.255 e. The van der Waals surface area contributed by atoms with Crippen LogP contribution in [0.4, 0.5) is 5.69 Å². The number of piperidine rings is 1. The normalized spacial score (nSPS) is 15.0. The molecule has 1 N–H and O–H groups in total. The first-order valence-electron chi connectivity index (χ1n) is 9.18. The second-order valence-electron chi connectivity index (χ2n) is 6.61. The van der Waals surface area contributed by atoms with Gasteiger partial charge in [-0.3, -0.25) is 4.79 Å². The van der Waals surface area contributed by atoms with Crippen molar-refractivity contribution >= 4 is 27.7 Å². The predicted octanol–water partition coefficient (Wildman–Crippen LogP) is 3.77. The summed E-state index contributed by atoms with van der Waals surface area (Å²) in [6.45, 7) is 4.73. The van der Waals surface area contributed by atoms with Gasteiger partial charge in [0, 0.05) is 18.7 Å². The quantitative estimate of drug-likeness (QED) is 0.801. The van der Waals surface area contributed by atoms with Crippen LogP contribution in [-0.4, -0.2) is 38.8 Å². The van der Waals surface area contributed by atoms with Crippen molar-refractivity contribution in [3.05, 3.63) is 60.2 Å². The van der Waals surface area contributed by atoms with E-state index in [0.717, 1.165) is 19.3 Å². The van der Waals surface area contributed by atoms with Crippen LogP contribution in [0.25, 0.3) is 6.08 Å². The molecule has 7 heteroatoms. The molecule has 3 rings (SSSR count). The lowest BCUT2D eigenvalue weighted by atomic mass is 10.1. The zero-order valence-corrected chi connectivity index (χ0v) is 16.7. The predicted molar refractivity (Wildman–Crippen MR) is 110 cm³/mol. The number of benzene rings is 2. The van der Waals surface area contributed by atoms with Crippen LogP contribution in [0.1, 0.15) is 35.2 Å². The molecule has 0 aromatic heterocycles. The third kappa shape index (κ3) is 4.26. The lowest BCUT2D eigenvalue weighted by Crippen LogP contribution is -2.35. The zero-order chi connectivity index (χ0) is 20.1. The van der Waals surface area contributed by atoms with Gasteiger partial charge in [-0.15, -0.1) is 0 Å². The van der Waals surface area contributed by atoms with Crippen molar-refractivity contribution in [1.29, 1.82) is 0 Å². The van der Waals surface area contributed by atoms with Crippen LogP contribution in [0.15, 0.2) is 53.9 Å². The molecular weight excluding hydrogens is 376 g/mol. The number of methoxy groups -OCH3 is 1. The Morgan fingerprint density at radius 2 is 1.86 bits per heavy atom.